The molecule has 1 heterocycles. The summed E-state index contributed by atoms with van der Waals surface area (Å²) in [6.07, 6.45) is 0.593. The number of hydrogen-bond acceptors (Lipinski definition) is 4. The van der Waals surface area contributed by atoms with Crippen LogP contribution in [-0.4, -0.2) is 36.4 Å². The van der Waals surface area contributed by atoms with E-state index in [-0.39, 0.29) is 16.7 Å². The SMILES string of the molecule is CCC(C)N(CC)S(=O)(=O)c1ccc(CC(=O)O)s1. The van der Waals surface area contributed by atoms with Gasteiger partial charge in [0.25, 0.3) is 10.0 Å². The molecule has 0 aliphatic rings. The maximum atomic E-state index is 12.5. The number of carboxylic acid groups (broad SMARTS) is 1. The first-order chi connectivity index (χ1) is 8.82. The molecule has 0 fully saturated rings. The van der Waals surface area contributed by atoms with Crippen molar-refractivity contribution in [3.63, 3.8) is 0 Å². The molecule has 7 heteroatoms. The number of sulfonamides is 1. The summed E-state index contributed by atoms with van der Waals surface area (Å²) >= 11 is 1.03. The van der Waals surface area contributed by atoms with Gasteiger partial charge in [-0.25, -0.2) is 8.42 Å². The van der Waals surface area contributed by atoms with Gasteiger partial charge < -0.3 is 5.11 Å². The van der Waals surface area contributed by atoms with E-state index >= 15 is 0 Å². The Morgan fingerprint density at radius 2 is 2.05 bits per heavy atom. The predicted molar refractivity (Wildman–Crippen MR) is 75.0 cm³/mol. The Balaban J connectivity index is 3.05. The van der Waals surface area contributed by atoms with Gasteiger partial charge in [-0.1, -0.05) is 13.8 Å². The predicted octanol–water partition coefficient (Wildman–Crippen LogP) is 2.18. The second-order valence-electron chi connectivity index (χ2n) is 4.26. The van der Waals surface area contributed by atoms with Gasteiger partial charge in [0.2, 0.25) is 0 Å². The maximum Gasteiger partial charge on any atom is 0.308 e. The molecule has 1 aromatic rings. The van der Waals surface area contributed by atoms with Crippen LogP contribution < -0.4 is 0 Å². The number of rotatable bonds is 7. The van der Waals surface area contributed by atoms with E-state index in [0.717, 1.165) is 17.8 Å². The molecule has 0 saturated carbocycles. The monoisotopic (exact) mass is 305 g/mol. The van der Waals surface area contributed by atoms with Gasteiger partial charge in [-0.05, 0) is 25.5 Å². The average Bonchev–Trinajstić information content (AvgIpc) is 2.77. The summed E-state index contributed by atoms with van der Waals surface area (Å²) in [5, 5.41) is 8.71. The number of aliphatic carboxylic acids is 1. The van der Waals surface area contributed by atoms with Gasteiger partial charge >= 0.3 is 5.97 Å². The number of carboxylic acids is 1. The Labute approximate surface area is 117 Å². The number of thiophene rings is 1. The minimum absolute atomic E-state index is 0.0694. The molecule has 0 aromatic carbocycles. The molecule has 0 saturated heterocycles. The minimum atomic E-state index is -3.52. The highest BCUT2D eigenvalue weighted by Gasteiger charge is 2.28. The second kappa shape index (κ2) is 6.49. The zero-order valence-electron chi connectivity index (χ0n) is 11.3. The normalized spacial score (nSPS) is 13.7. The summed E-state index contributed by atoms with van der Waals surface area (Å²) in [5.74, 6) is -0.958. The Hall–Kier alpha value is -0.920. The fourth-order valence-electron chi connectivity index (χ4n) is 1.78. The van der Waals surface area contributed by atoms with Crippen molar-refractivity contribution in [2.45, 2.75) is 43.9 Å². The zero-order chi connectivity index (χ0) is 14.6. The van der Waals surface area contributed by atoms with Gasteiger partial charge in [0, 0.05) is 17.5 Å². The van der Waals surface area contributed by atoms with E-state index in [9.17, 15) is 13.2 Å². The van der Waals surface area contributed by atoms with Crippen LogP contribution in [0.3, 0.4) is 0 Å². The molecule has 0 bridgehead atoms. The van der Waals surface area contributed by atoms with Gasteiger partial charge in [0.15, 0.2) is 0 Å². The number of carbonyl (C=O) groups is 1. The largest absolute Gasteiger partial charge is 0.481 e. The average molecular weight is 305 g/mol. The Kier molecular flexibility index (Phi) is 5.51. The highest BCUT2D eigenvalue weighted by molar-refractivity contribution is 7.91. The van der Waals surface area contributed by atoms with Crippen molar-refractivity contribution in [1.29, 1.82) is 0 Å². The minimum Gasteiger partial charge on any atom is -0.481 e. The Bertz CT molecular complexity index is 536. The second-order valence-corrected chi connectivity index (χ2v) is 7.54. The molecule has 1 aromatic heterocycles. The highest BCUT2D eigenvalue weighted by atomic mass is 32.2. The van der Waals surface area contributed by atoms with E-state index in [1.807, 2.05) is 13.8 Å². The molecular weight excluding hydrogens is 286 g/mol. The van der Waals surface area contributed by atoms with E-state index in [1.165, 1.54) is 10.4 Å². The van der Waals surface area contributed by atoms with E-state index in [0.29, 0.717) is 11.4 Å². The van der Waals surface area contributed by atoms with Crippen LogP contribution in [0.25, 0.3) is 0 Å². The van der Waals surface area contributed by atoms with Crippen LogP contribution in [-0.2, 0) is 21.2 Å². The molecule has 0 amide bonds. The van der Waals surface area contributed by atoms with Crippen LogP contribution in [0.5, 0.6) is 0 Å². The summed E-state index contributed by atoms with van der Waals surface area (Å²) < 4.78 is 26.6. The molecule has 5 nitrogen and oxygen atoms in total. The zero-order valence-corrected chi connectivity index (χ0v) is 12.9. The van der Waals surface area contributed by atoms with Crippen LogP contribution in [0.4, 0.5) is 0 Å². The van der Waals surface area contributed by atoms with Gasteiger partial charge in [-0.2, -0.15) is 4.31 Å². The summed E-state index contributed by atoms with van der Waals surface area (Å²) in [5.41, 5.74) is 0. The summed E-state index contributed by atoms with van der Waals surface area (Å²) in [4.78, 5) is 11.2. The highest BCUT2D eigenvalue weighted by Crippen LogP contribution is 2.27. The first kappa shape index (κ1) is 16.1. The van der Waals surface area contributed by atoms with Crippen molar-refractivity contribution >= 4 is 27.3 Å². The van der Waals surface area contributed by atoms with Gasteiger partial charge in [0.05, 0.1) is 6.42 Å². The van der Waals surface area contributed by atoms with Gasteiger partial charge in [0.1, 0.15) is 4.21 Å². The molecule has 19 heavy (non-hydrogen) atoms. The summed E-state index contributed by atoms with van der Waals surface area (Å²) in [6, 6.07) is 2.99. The molecule has 0 aliphatic carbocycles. The quantitative estimate of drug-likeness (QED) is 0.838. The number of nitrogens with zero attached hydrogens (tertiary/aromatic N) is 1. The molecular formula is C12H19NO4S2. The molecule has 108 valence electrons. The van der Waals surface area contributed by atoms with E-state index in [2.05, 4.69) is 0 Å². The third-order valence-electron chi connectivity index (χ3n) is 2.92. The van der Waals surface area contributed by atoms with Crippen LogP contribution >= 0.6 is 11.3 Å². The lowest BCUT2D eigenvalue weighted by molar-refractivity contribution is -0.136. The van der Waals surface area contributed by atoms with Gasteiger partial charge in [-0.3, -0.25) is 4.79 Å². The lowest BCUT2D eigenvalue weighted by Crippen LogP contribution is -2.37. The van der Waals surface area contributed by atoms with E-state index in [1.54, 1.807) is 13.0 Å². The Morgan fingerprint density at radius 1 is 1.42 bits per heavy atom. The van der Waals surface area contributed by atoms with Crippen molar-refractivity contribution in [2.75, 3.05) is 6.54 Å². The lowest BCUT2D eigenvalue weighted by Gasteiger charge is -2.25. The van der Waals surface area contributed by atoms with Crippen molar-refractivity contribution in [3.8, 4) is 0 Å². The third-order valence-corrected chi connectivity index (χ3v) is 6.56. The Morgan fingerprint density at radius 3 is 2.53 bits per heavy atom. The van der Waals surface area contributed by atoms with Crippen LogP contribution in [0.2, 0.25) is 0 Å². The standard InChI is InChI=1S/C12H19NO4S2/c1-4-9(3)13(5-2)19(16,17)12-7-6-10(18-12)8-11(14)15/h6-7,9H,4-5,8H2,1-3H3,(H,14,15). The van der Waals surface area contributed by atoms with Crippen molar-refractivity contribution in [1.82, 2.24) is 4.31 Å². The van der Waals surface area contributed by atoms with Crippen molar-refractivity contribution in [2.24, 2.45) is 0 Å². The van der Waals surface area contributed by atoms with Crippen molar-refractivity contribution in [3.05, 3.63) is 17.0 Å². The van der Waals surface area contributed by atoms with Crippen LogP contribution in [0, 0.1) is 0 Å². The fraction of sp³-hybridized carbons (Fsp3) is 0.583. The first-order valence-electron chi connectivity index (χ1n) is 6.15. The fourth-order valence-corrected chi connectivity index (χ4v) is 4.97. The van der Waals surface area contributed by atoms with Crippen LogP contribution in [0.15, 0.2) is 16.3 Å². The molecule has 0 spiro atoms. The summed E-state index contributed by atoms with van der Waals surface area (Å²) in [6.45, 7) is 6.01. The molecule has 0 radical (unpaired) electrons. The molecule has 1 rings (SSSR count). The molecule has 1 unspecified atom stereocenters. The maximum absolute atomic E-state index is 12.5. The van der Waals surface area contributed by atoms with E-state index in [4.69, 9.17) is 5.11 Å². The lowest BCUT2D eigenvalue weighted by atomic mass is 10.3. The van der Waals surface area contributed by atoms with Crippen LogP contribution in [0.1, 0.15) is 32.1 Å². The molecule has 1 N–H and O–H groups in total. The third kappa shape index (κ3) is 3.77. The van der Waals surface area contributed by atoms with Gasteiger partial charge in [-0.15, -0.1) is 11.3 Å². The van der Waals surface area contributed by atoms with E-state index < -0.39 is 16.0 Å². The first-order valence-corrected chi connectivity index (χ1v) is 8.40. The molecule has 1 atom stereocenters. The molecule has 0 aliphatic heterocycles. The number of hydrogen-bond donors (Lipinski definition) is 1. The smallest absolute Gasteiger partial charge is 0.308 e. The summed E-state index contributed by atoms with van der Waals surface area (Å²) in [7, 11) is -3.52. The topological polar surface area (TPSA) is 74.7 Å². The van der Waals surface area contributed by atoms with Crippen molar-refractivity contribution < 1.29 is 18.3 Å².